The van der Waals surface area contributed by atoms with E-state index in [2.05, 4.69) is 5.32 Å². The second-order valence-electron chi connectivity index (χ2n) is 13.6. The quantitative estimate of drug-likeness (QED) is 0.278. The second-order valence-corrected chi connectivity index (χ2v) is 13.6. The van der Waals surface area contributed by atoms with Gasteiger partial charge < -0.3 is 29.7 Å². The molecule has 3 amide bonds. The number of piperidine rings is 2. The van der Waals surface area contributed by atoms with Crippen LogP contribution in [0, 0.1) is 17.7 Å². The molecular weight excluding hydrogens is 624 g/mol. The SMILES string of the molecule is CC(C)(C)OC(=O)N1CCC(CCC(=O)N2CCCC(C(=O)NC(CC(=O)O)c3cc(F)cc(-c4ccc(OCCF)cc4)c3)C2)CC1. The molecule has 12 heteroatoms. The van der Waals surface area contributed by atoms with E-state index in [0.29, 0.717) is 73.7 Å². The number of carboxylic acid groups (broad SMARTS) is 1. The molecule has 0 aliphatic carbocycles. The molecule has 2 unspecified atom stereocenters. The minimum atomic E-state index is -1.15. The summed E-state index contributed by atoms with van der Waals surface area (Å²) in [7, 11) is 0. The van der Waals surface area contributed by atoms with Gasteiger partial charge in [0.1, 0.15) is 30.4 Å². The van der Waals surface area contributed by atoms with Crippen molar-refractivity contribution in [3.8, 4) is 16.9 Å². The number of rotatable bonds is 12. The molecule has 2 fully saturated rings. The van der Waals surface area contributed by atoms with Gasteiger partial charge in [0.05, 0.1) is 18.4 Å². The van der Waals surface area contributed by atoms with Crippen molar-refractivity contribution in [3.63, 3.8) is 0 Å². The van der Waals surface area contributed by atoms with E-state index in [1.807, 2.05) is 20.8 Å². The largest absolute Gasteiger partial charge is 0.491 e. The molecule has 2 aromatic carbocycles. The molecule has 2 aliphatic rings. The number of benzene rings is 2. The molecule has 2 aliphatic heterocycles. The van der Waals surface area contributed by atoms with E-state index in [4.69, 9.17) is 9.47 Å². The smallest absolute Gasteiger partial charge is 0.410 e. The van der Waals surface area contributed by atoms with Crippen molar-refractivity contribution in [3.05, 3.63) is 53.8 Å². The molecule has 0 spiro atoms. The number of halogens is 2. The lowest BCUT2D eigenvalue weighted by atomic mass is 9.91. The van der Waals surface area contributed by atoms with E-state index in [0.717, 1.165) is 12.8 Å². The number of nitrogens with zero attached hydrogens (tertiary/aromatic N) is 2. The zero-order valence-electron chi connectivity index (χ0n) is 28.0. The van der Waals surface area contributed by atoms with Gasteiger partial charge in [0.2, 0.25) is 11.8 Å². The first-order valence-corrected chi connectivity index (χ1v) is 16.7. The predicted octanol–water partition coefficient (Wildman–Crippen LogP) is 6.14. The summed E-state index contributed by atoms with van der Waals surface area (Å²) in [5, 5.41) is 12.4. The molecule has 4 rings (SSSR count). The van der Waals surface area contributed by atoms with Crippen LogP contribution < -0.4 is 10.1 Å². The molecule has 2 N–H and O–H groups in total. The Hall–Kier alpha value is -4.22. The van der Waals surface area contributed by atoms with Crippen molar-refractivity contribution in [2.75, 3.05) is 39.5 Å². The number of carbonyl (C=O) groups is 4. The lowest BCUT2D eigenvalue weighted by molar-refractivity contribution is -0.138. The summed E-state index contributed by atoms with van der Waals surface area (Å²) >= 11 is 0. The molecule has 2 saturated heterocycles. The molecule has 2 atom stereocenters. The number of likely N-dealkylation sites (tertiary alicyclic amines) is 2. The number of amides is 3. The normalized spacial score (nSPS) is 17.8. The Morgan fingerprint density at radius 3 is 2.33 bits per heavy atom. The summed E-state index contributed by atoms with van der Waals surface area (Å²) in [6.07, 6.45) is 3.06. The maximum Gasteiger partial charge on any atom is 0.410 e. The fourth-order valence-corrected chi connectivity index (χ4v) is 6.23. The highest BCUT2D eigenvalue weighted by Gasteiger charge is 2.32. The summed E-state index contributed by atoms with van der Waals surface area (Å²) in [6, 6.07) is 9.84. The Bertz CT molecular complexity index is 1420. The molecule has 2 heterocycles. The number of carboxylic acids is 1. The van der Waals surface area contributed by atoms with Gasteiger partial charge in [-0.2, -0.15) is 0 Å². The van der Waals surface area contributed by atoms with Crippen LogP contribution in [0.1, 0.15) is 77.3 Å². The van der Waals surface area contributed by atoms with Gasteiger partial charge in [0.25, 0.3) is 0 Å². The third-order valence-electron chi connectivity index (χ3n) is 8.73. The zero-order valence-corrected chi connectivity index (χ0v) is 28.0. The van der Waals surface area contributed by atoms with Crippen molar-refractivity contribution < 1.29 is 42.5 Å². The van der Waals surface area contributed by atoms with Crippen LogP contribution in [0.2, 0.25) is 0 Å². The Balaban J connectivity index is 1.33. The third-order valence-corrected chi connectivity index (χ3v) is 8.73. The van der Waals surface area contributed by atoms with Crippen LogP contribution in [0.3, 0.4) is 0 Å². The van der Waals surface area contributed by atoms with Crippen molar-refractivity contribution >= 4 is 23.9 Å². The van der Waals surface area contributed by atoms with Crippen LogP contribution in [-0.4, -0.2) is 83.8 Å². The van der Waals surface area contributed by atoms with Gasteiger partial charge in [0, 0.05) is 32.6 Å². The van der Waals surface area contributed by atoms with Crippen LogP contribution >= 0.6 is 0 Å². The summed E-state index contributed by atoms with van der Waals surface area (Å²) in [4.78, 5) is 54.2. The molecule has 262 valence electrons. The molecule has 0 saturated carbocycles. The predicted molar refractivity (Wildman–Crippen MR) is 176 cm³/mol. The van der Waals surface area contributed by atoms with Gasteiger partial charge in [-0.05, 0) is 106 Å². The Morgan fingerprint density at radius 1 is 0.979 bits per heavy atom. The molecule has 0 bridgehead atoms. The summed E-state index contributed by atoms with van der Waals surface area (Å²) in [5.41, 5.74) is 0.877. The van der Waals surface area contributed by atoms with Crippen LogP contribution in [0.25, 0.3) is 11.1 Å². The highest BCUT2D eigenvalue weighted by atomic mass is 19.1. The average Bonchev–Trinajstić information content (AvgIpc) is 3.05. The van der Waals surface area contributed by atoms with E-state index in [9.17, 15) is 33.1 Å². The maximum atomic E-state index is 14.8. The molecule has 2 aromatic rings. The monoisotopic (exact) mass is 671 g/mol. The lowest BCUT2D eigenvalue weighted by Crippen LogP contribution is -2.46. The first-order chi connectivity index (χ1) is 22.8. The zero-order chi connectivity index (χ0) is 34.8. The van der Waals surface area contributed by atoms with Crippen molar-refractivity contribution in [2.24, 2.45) is 11.8 Å². The van der Waals surface area contributed by atoms with E-state index >= 15 is 0 Å². The van der Waals surface area contributed by atoms with Gasteiger partial charge in [-0.3, -0.25) is 14.4 Å². The Kier molecular flexibility index (Phi) is 12.8. The van der Waals surface area contributed by atoms with Gasteiger partial charge in [0.15, 0.2) is 0 Å². The Morgan fingerprint density at radius 2 is 1.69 bits per heavy atom. The number of nitrogens with one attached hydrogen (secondary N) is 1. The van der Waals surface area contributed by atoms with Gasteiger partial charge in [-0.15, -0.1) is 0 Å². The van der Waals surface area contributed by atoms with Crippen LogP contribution in [0.15, 0.2) is 42.5 Å². The topological polar surface area (TPSA) is 125 Å². The first kappa shape index (κ1) is 36.6. The molecular formula is C36H47F2N3O7. The van der Waals surface area contributed by atoms with Crippen molar-refractivity contribution in [1.82, 2.24) is 15.1 Å². The summed E-state index contributed by atoms with van der Waals surface area (Å²) in [6.45, 7) is 6.76. The number of alkyl halides is 1. The molecule has 48 heavy (non-hydrogen) atoms. The number of aliphatic carboxylic acids is 1. The second kappa shape index (κ2) is 16.7. The average molecular weight is 672 g/mol. The fourth-order valence-electron chi connectivity index (χ4n) is 6.23. The maximum absolute atomic E-state index is 14.8. The third kappa shape index (κ3) is 10.9. The van der Waals surface area contributed by atoms with Crippen LogP contribution in [-0.2, 0) is 19.1 Å². The van der Waals surface area contributed by atoms with Gasteiger partial charge >= 0.3 is 12.1 Å². The first-order valence-electron chi connectivity index (χ1n) is 16.7. The van der Waals surface area contributed by atoms with E-state index in [-0.39, 0.29) is 31.1 Å². The fraction of sp³-hybridized carbons (Fsp3) is 0.556. The number of hydrogen-bond acceptors (Lipinski definition) is 6. The number of ether oxygens (including phenoxy) is 2. The summed E-state index contributed by atoms with van der Waals surface area (Å²) in [5.74, 6) is -1.90. The van der Waals surface area contributed by atoms with Crippen molar-refractivity contribution in [2.45, 2.75) is 77.4 Å². The molecule has 10 nitrogen and oxygen atoms in total. The minimum absolute atomic E-state index is 0.0277. The number of carbonyl (C=O) groups excluding carboxylic acids is 3. The van der Waals surface area contributed by atoms with Gasteiger partial charge in [-0.1, -0.05) is 12.1 Å². The van der Waals surface area contributed by atoms with Crippen LogP contribution in [0.4, 0.5) is 13.6 Å². The minimum Gasteiger partial charge on any atom is -0.491 e. The van der Waals surface area contributed by atoms with Crippen LogP contribution in [0.5, 0.6) is 5.75 Å². The number of hydrogen-bond donors (Lipinski definition) is 2. The summed E-state index contributed by atoms with van der Waals surface area (Å²) < 4.78 is 38.0. The van der Waals surface area contributed by atoms with E-state index < -0.39 is 42.4 Å². The highest BCUT2D eigenvalue weighted by Crippen LogP contribution is 2.30. The van der Waals surface area contributed by atoms with E-state index in [1.165, 1.54) is 12.1 Å². The molecule has 0 radical (unpaired) electrons. The highest BCUT2D eigenvalue weighted by molar-refractivity contribution is 5.82. The van der Waals surface area contributed by atoms with E-state index in [1.54, 1.807) is 40.1 Å². The Labute approximate surface area is 280 Å². The molecule has 0 aromatic heterocycles. The van der Waals surface area contributed by atoms with Crippen molar-refractivity contribution in [1.29, 1.82) is 0 Å². The van der Waals surface area contributed by atoms with Gasteiger partial charge in [-0.25, -0.2) is 13.6 Å². The standard InChI is InChI=1S/C36H47F2N3O7/c1-36(2,3)48-35(46)40-16-12-24(13-17-40)6-11-32(42)41-15-4-5-26(23-41)34(45)39-31(22-33(43)44)28-19-27(20-29(38)21-28)25-7-9-30(10-8-25)47-18-14-37/h7-10,19-21,24,26,31H,4-6,11-18,22-23H2,1-3H3,(H,39,45)(H,43,44). The lowest BCUT2D eigenvalue weighted by Gasteiger charge is -2.35.